The summed E-state index contributed by atoms with van der Waals surface area (Å²) in [5.41, 5.74) is 5.34. The molecule has 2 fully saturated rings. The number of carbonyl (C=O) groups excluding carboxylic acids is 1. The number of ether oxygens (including phenoxy) is 2. The van der Waals surface area contributed by atoms with E-state index < -0.39 is 6.09 Å². The van der Waals surface area contributed by atoms with Crippen molar-refractivity contribution in [3.05, 3.63) is 46.3 Å². The molecular formula is C35H49N5O3. The van der Waals surface area contributed by atoms with E-state index in [1.165, 1.54) is 19.3 Å². The smallest absolute Gasteiger partial charge is 0.402 e. The molecule has 1 aromatic carbocycles. The molecule has 43 heavy (non-hydrogen) atoms. The third kappa shape index (κ3) is 6.47. The Bertz CT molecular complexity index is 1500. The third-order valence-electron chi connectivity index (χ3n) is 9.63. The van der Waals surface area contributed by atoms with Gasteiger partial charge >= 0.3 is 6.09 Å². The molecule has 1 saturated heterocycles. The molecule has 8 nitrogen and oxygen atoms in total. The lowest BCUT2D eigenvalue weighted by Gasteiger charge is -2.48. The number of rotatable bonds is 6. The SMILES string of the molecule is [C-]#[N+]c1c(CC2C(CC(C)C)CC(C)CC2C(C)(C)C)c2nc(-c3cc(C)ccc3C)[nH]n2c1OC(=O)N1CCOCC1. The minimum absolute atomic E-state index is 0.132. The Morgan fingerprint density at radius 1 is 1.21 bits per heavy atom. The monoisotopic (exact) mass is 587 g/mol. The van der Waals surface area contributed by atoms with Gasteiger partial charge in [-0.3, -0.25) is 5.10 Å². The molecule has 1 saturated carbocycles. The van der Waals surface area contributed by atoms with Crippen molar-refractivity contribution in [3.8, 4) is 17.3 Å². The van der Waals surface area contributed by atoms with Gasteiger partial charge in [-0.2, -0.15) is 0 Å². The first-order chi connectivity index (χ1) is 20.4. The summed E-state index contributed by atoms with van der Waals surface area (Å²) in [6.07, 6.45) is 3.82. The number of H-pyrrole nitrogens is 1. The average Bonchev–Trinajstić information content (AvgIpc) is 3.48. The van der Waals surface area contributed by atoms with Crippen LogP contribution < -0.4 is 4.74 Å². The third-order valence-corrected chi connectivity index (χ3v) is 9.63. The number of amides is 1. The van der Waals surface area contributed by atoms with Gasteiger partial charge in [0.15, 0.2) is 5.82 Å². The lowest BCUT2D eigenvalue weighted by Crippen LogP contribution is -2.42. The zero-order valence-electron chi connectivity index (χ0n) is 27.3. The zero-order valence-corrected chi connectivity index (χ0v) is 27.3. The summed E-state index contributed by atoms with van der Waals surface area (Å²) in [6, 6.07) is 6.32. The lowest BCUT2D eigenvalue weighted by atomic mass is 9.57. The molecule has 1 amide bonds. The Morgan fingerprint density at radius 2 is 1.93 bits per heavy atom. The highest BCUT2D eigenvalue weighted by molar-refractivity contribution is 5.80. The molecule has 5 rings (SSSR count). The Kier molecular flexibility index (Phi) is 8.94. The van der Waals surface area contributed by atoms with E-state index >= 15 is 0 Å². The minimum atomic E-state index is -0.459. The Labute approximate surface area is 257 Å². The van der Waals surface area contributed by atoms with Crippen LogP contribution in [0.2, 0.25) is 0 Å². The molecule has 232 valence electrons. The fourth-order valence-corrected chi connectivity index (χ4v) is 7.57. The second kappa shape index (κ2) is 12.4. The number of hydrogen-bond donors (Lipinski definition) is 1. The molecule has 0 spiro atoms. The fourth-order valence-electron chi connectivity index (χ4n) is 7.57. The molecule has 4 atom stereocenters. The van der Waals surface area contributed by atoms with Crippen molar-refractivity contribution in [3.63, 3.8) is 0 Å². The van der Waals surface area contributed by atoms with Crippen LogP contribution >= 0.6 is 0 Å². The van der Waals surface area contributed by atoms with Crippen molar-refractivity contribution in [2.24, 2.45) is 35.0 Å². The van der Waals surface area contributed by atoms with E-state index in [0.717, 1.165) is 28.7 Å². The summed E-state index contributed by atoms with van der Waals surface area (Å²) in [6.45, 7) is 28.5. The van der Waals surface area contributed by atoms with E-state index in [0.29, 0.717) is 73.1 Å². The van der Waals surface area contributed by atoms with Gasteiger partial charge in [-0.15, -0.1) is 0 Å². The Morgan fingerprint density at radius 3 is 2.58 bits per heavy atom. The highest BCUT2D eigenvalue weighted by Crippen LogP contribution is 2.51. The summed E-state index contributed by atoms with van der Waals surface area (Å²) in [5, 5.41) is 3.42. The van der Waals surface area contributed by atoms with Crippen molar-refractivity contribution in [2.45, 2.75) is 81.1 Å². The second-order valence-corrected chi connectivity index (χ2v) is 14.6. The molecule has 4 unspecified atom stereocenters. The number of nitrogens with one attached hydrogen (secondary N) is 1. The molecule has 3 heterocycles. The van der Waals surface area contributed by atoms with E-state index in [2.05, 4.69) is 83.5 Å². The number of carbonyl (C=O) groups is 1. The number of fused-ring (bicyclic) bond motifs is 1. The van der Waals surface area contributed by atoms with E-state index in [-0.39, 0.29) is 11.3 Å². The van der Waals surface area contributed by atoms with Crippen LogP contribution in [0.1, 0.15) is 77.5 Å². The normalized spacial score (nSPS) is 23.1. The van der Waals surface area contributed by atoms with Crippen LogP contribution in [-0.2, 0) is 11.2 Å². The number of benzene rings is 1. The van der Waals surface area contributed by atoms with Crippen molar-refractivity contribution < 1.29 is 14.3 Å². The number of morpholine rings is 1. The summed E-state index contributed by atoms with van der Waals surface area (Å²) >= 11 is 0. The maximum Gasteiger partial charge on any atom is 0.415 e. The van der Waals surface area contributed by atoms with Crippen LogP contribution in [0.15, 0.2) is 18.2 Å². The molecule has 2 aromatic heterocycles. The average molecular weight is 588 g/mol. The lowest BCUT2D eigenvalue weighted by molar-refractivity contribution is 0.0259. The molecular weight excluding hydrogens is 538 g/mol. The van der Waals surface area contributed by atoms with Gasteiger partial charge in [-0.1, -0.05) is 59.2 Å². The number of hydrogen-bond acceptors (Lipinski definition) is 4. The summed E-state index contributed by atoms with van der Waals surface area (Å²) < 4.78 is 13.3. The van der Waals surface area contributed by atoms with Crippen molar-refractivity contribution >= 4 is 17.4 Å². The van der Waals surface area contributed by atoms with E-state index in [1.807, 2.05) is 0 Å². The van der Waals surface area contributed by atoms with Gasteiger partial charge in [0.25, 0.3) is 5.69 Å². The van der Waals surface area contributed by atoms with E-state index in [4.69, 9.17) is 21.0 Å². The second-order valence-electron chi connectivity index (χ2n) is 14.6. The predicted molar refractivity (Wildman–Crippen MR) is 171 cm³/mol. The van der Waals surface area contributed by atoms with Gasteiger partial charge in [0.1, 0.15) is 5.65 Å². The van der Waals surface area contributed by atoms with Gasteiger partial charge in [0, 0.05) is 24.2 Å². The quantitative estimate of drug-likeness (QED) is 0.295. The van der Waals surface area contributed by atoms with Crippen LogP contribution in [-0.4, -0.2) is 51.9 Å². The predicted octanol–water partition coefficient (Wildman–Crippen LogP) is 8.24. The van der Waals surface area contributed by atoms with Gasteiger partial charge in [-0.05, 0) is 86.2 Å². The van der Waals surface area contributed by atoms with E-state index in [1.54, 1.807) is 9.42 Å². The Balaban J connectivity index is 1.65. The van der Waals surface area contributed by atoms with Crippen LogP contribution in [0.25, 0.3) is 21.9 Å². The van der Waals surface area contributed by atoms with Crippen molar-refractivity contribution in [2.75, 3.05) is 26.3 Å². The standard InChI is InChI=1S/C35H49N5O3/c1-21(2)16-25-17-23(4)19-29(35(6,7)8)27(25)20-28-30(36-9)33(43-34(41)39-12-14-42-15-13-39)40-32(28)37-31(38-40)26-18-22(3)10-11-24(26)5/h10-11,18,21,23,25,27,29H,12-17,19-20H2,1-8H3,(H,37,38). The van der Waals surface area contributed by atoms with Crippen LogP contribution in [0.3, 0.4) is 0 Å². The maximum atomic E-state index is 13.3. The van der Waals surface area contributed by atoms with Crippen molar-refractivity contribution in [1.82, 2.24) is 19.5 Å². The summed E-state index contributed by atoms with van der Waals surface area (Å²) in [5.74, 6) is 3.67. The Hall–Kier alpha value is -3.31. The molecule has 1 N–H and O–H groups in total. The molecule has 1 aliphatic carbocycles. The largest absolute Gasteiger partial charge is 0.415 e. The summed E-state index contributed by atoms with van der Waals surface area (Å²) in [4.78, 5) is 24.1. The van der Waals surface area contributed by atoms with Gasteiger partial charge in [-0.25, -0.2) is 19.1 Å². The first kappa shape index (κ1) is 31.1. The molecule has 0 radical (unpaired) electrons. The van der Waals surface area contributed by atoms with Crippen LogP contribution in [0.5, 0.6) is 5.88 Å². The van der Waals surface area contributed by atoms with Crippen LogP contribution in [0, 0.1) is 55.4 Å². The highest BCUT2D eigenvalue weighted by atomic mass is 16.6. The fraction of sp³-hybridized carbons (Fsp3) is 0.629. The number of aromatic nitrogens is 3. The molecule has 0 bridgehead atoms. The van der Waals surface area contributed by atoms with Crippen LogP contribution in [0.4, 0.5) is 10.5 Å². The molecule has 3 aromatic rings. The summed E-state index contributed by atoms with van der Waals surface area (Å²) in [7, 11) is 0. The first-order valence-corrected chi connectivity index (χ1v) is 16.0. The van der Waals surface area contributed by atoms with Gasteiger partial charge < -0.3 is 14.4 Å². The zero-order chi connectivity index (χ0) is 31.1. The molecule has 8 heteroatoms. The topological polar surface area (TPSA) is 76.2 Å². The highest BCUT2D eigenvalue weighted by Gasteiger charge is 2.43. The van der Waals surface area contributed by atoms with Gasteiger partial charge in [0.2, 0.25) is 5.88 Å². The van der Waals surface area contributed by atoms with Gasteiger partial charge in [0.05, 0.1) is 19.8 Å². The number of nitrogens with zero attached hydrogens (tertiary/aromatic N) is 4. The minimum Gasteiger partial charge on any atom is -0.402 e. The maximum absolute atomic E-state index is 13.3. The first-order valence-electron chi connectivity index (χ1n) is 16.0. The van der Waals surface area contributed by atoms with E-state index in [9.17, 15) is 4.79 Å². The molecule has 1 aliphatic heterocycles. The number of aromatic amines is 1. The molecule has 2 aliphatic rings. The van der Waals surface area contributed by atoms with Crippen molar-refractivity contribution in [1.29, 1.82) is 0 Å². The number of aryl methyl sites for hydroxylation is 2.